The van der Waals surface area contributed by atoms with Gasteiger partial charge in [-0.3, -0.25) is 0 Å². The minimum absolute atomic E-state index is 0.0832. The van der Waals surface area contributed by atoms with Gasteiger partial charge in [-0.25, -0.2) is 4.79 Å². The van der Waals surface area contributed by atoms with Gasteiger partial charge in [-0.1, -0.05) is 13.3 Å². The van der Waals surface area contributed by atoms with Gasteiger partial charge in [0.15, 0.2) is 0 Å². The van der Waals surface area contributed by atoms with Crippen LogP contribution >= 0.6 is 0 Å². The Balaban J connectivity index is 1.72. The van der Waals surface area contributed by atoms with Gasteiger partial charge in [0.1, 0.15) is 0 Å². The molecule has 0 unspecified atom stereocenters. The van der Waals surface area contributed by atoms with E-state index in [4.69, 9.17) is 5.11 Å². The molecule has 2 aliphatic rings. The second-order valence-electron chi connectivity index (χ2n) is 6.88. The van der Waals surface area contributed by atoms with E-state index in [1.807, 2.05) is 11.9 Å². The van der Waals surface area contributed by atoms with Crippen LogP contribution in [0.3, 0.4) is 0 Å². The number of nitrogens with one attached hydrogen (secondary N) is 1. The molecule has 2 aliphatic carbocycles. The molecule has 0 radical (unpaired) electrons. The molecule has 2 saturated carbocycles. The minimum Gasteiger partial charge on any atom is -0.396 e. The van der Waals surface area contributed by atoms with Crippen LogP contribution in [-0.4, -0.2) is 42.3 Å². The third-order valence-corrected chi connectivity index (χ3v) is 5.29. The first kappa shape index (κ1) is 15.6. The third-order valence-electron chi connectivity index (χ3n) is 5.29. The third kappa shape index (κ3) is 3.87. The molecule has 0 heterocycles. The average molecular weight is 282 g/mol. The molecule has 2 amide bonds. The highest BCUT2D eigenvalue weighted by Crippen LogP contribution is 2.48. The number of urea groups is 1. The summed E-state index contributed by atoms with van der Waals surface area (Å²) in [4.78, 5) is 14.1. The van der Waals surface area contributed by atoms with E-state index in [0.29, 0.717) is 24.0 Å². The van der Waals surface area contributed by atoms with Crippen molar-refractivity contribution >= 4 is 6.03 Å². The number of rotatable bonds is 6. The molecule has 0 aromatic rings. The summed E-state index contributed by atoms with van der Waals surface area (Å²) in [6, 6.07) is 0.430. The first-order chi connectivity index (χ1) is 9.60. The molecule has 2 fully saturated rings. The molecule has 20 heavy (non-hydrogen) atoms. The molecule has 4 nitrogen and oxygen atoms in total. The zero-order chi connectivity index (χ0) is 14.6. The monoisotopic (exact) mass is 282 g/mol. The lowest BCUT2D eigenvalue weighted by molar-refractivity contribution is 0.133. The van der Waals surface area contributed by atoms with E-state index in [9.17, 15) is 4.79 Å². The molecular formula is C16H30N2O2. The predicted octanol–water partition coefficient (Wildman–Crippen LogP) is 2.76. The van der Waals surface area contributed by atoms with Crippen LogP contribution in [0.1, 0.15) is 58.3 Å². The van der Waals surface area contributed by atoms with Gasteiger partial charge in [-0.15, -0.1) is 0 Å². The Morgan fingerprint density at radius 1 is 1.30 bits per heavy atom. The lowest BCUT2D eigenvalue weighted by atomic mass is 9.86. The van der Waals surface area contributed by atoms with Crippen LogP contribution in [0.15, 0.2) is 0 Å². The Morgan fingerprint density at radius 2 is 1.95 bits per heavy atom. The highest BCUT2D eigenvalue weighted by molar-refractivity contribution is 5.74. The van der Waals surface area contributed by atoms with E-state index in [-0.39, 0.29) is 6.03 Å². The maximum Gasteiger partial charge on any atom is 0.317 e. The summed E-state index contributed by atoms with van der Waals surface area (Å²) in [7, 11) is 1.92. The number of carbonyl (C=O) groups excluding carboxylic acids is 1. The number of carbonyl (C=O) groups is 1. The number of nitrogens with zero attached hydrogens (tertiary/aromatic N) is 1. The normalized spacial score (nSPS) is 27.9. The van der Waals surface area contributed by atoms with E-state index >= 15 is 0 Å². The first-order valence-electron chi connectivity index (χ1n) is 8.22. The van der Waals surface area contributed by atoms with Gasteiger partial charge in [0.2, 0.25) is 0 Å². The highest BCUT2D eigenvalue weighted by atomic mass is 16.3. The summed E-state index contributed by atoms with van der Waals surface area (Å²) < 4.78 is 0. The Labute approximate surface area is 122 Å². The summed E-state index contributed by atoms with van der Waals surface area (Å²) >= 11 is 0. The van der Waals surface area contributed by atoms with E-state index in [1.54, 1.807) is 0 Å². The van der Waals surface area contributed by atoms with Crippen LogP contribution in [0.25, 0.3) is 0 Å². The fourth-order valence-corrected chi connectivity index (χ4v) is 3.49. The maximum absolute atomic E-state index is 12.2. The summed E-state index contributed by atoms with van der Waals surface area (Å²) in [5.41, 5.74) is 0.416. The zero-order valence-corrected chi connectivity index (χ0v) is 13.0. The van der Waals surface area contributed by atoms with Crippen molar-refractivity contribution in [2.75, 3.05) is 20.2 Å². The predicted molar refractivity (Wildman–Crippen MR) is 80.6 cm³/mol. The largest absolute Gasteiger partial charge is 0.396 e. The van der Waals surface area contributed by atoms with Crippen molar-refractivity contribution in [3.8, 4) is 0 Å². The first-order valence-corrected chi connectivity index (χ1v) is 8.22. The second kappa shape index (κ2) is 6.79. The van der Waals surface area contributed by atoms with Crippen molar-refractivity contribution < 1.29 is 9.90 Å². The van der Waals surface area contributed by atoms with Crippen LogP contribution in [0.4, 0.5) is 4.79 Å². The van der Waals surface area contributed by atoms with E-state index in [2.05, 4.69) is 12.2 Å². The average Bonchev–Trinajstić information content (AvgIpc) is 3.24. The van der Waals surface area contributed by atoms with Crippen LogP contribution in [0.2, 0.25) is 0 Å². The second-order valence-corrected chi connectivity index (χ2v) is 6.88. The summed E-state index contributed by atoms with van der Waals surface area (Å²) in [5, 5.41) is 12.3. The van der Waals surface area contributed by atoms with Crippen molar-refractivity contribution in [1.29, 1.82) is 0 Å². The SMILES string of the molecule is CCCC1(CNC(=O)N(C)C2CCC(CO)CC2)CC1. The van der Waals surface area contributed by atoms with Gasteiger partial charge in [-0.05, 0) is 56.3 Å². The summed E-state index contributed by atoms with van der Waals surface area (Å²) in [6.45, 7) is 3.35. The molecule has 0 atom stereocenters. The Morgan fingerprint density at radius 3 is 2.45 bits per heavy atom. The molecule has 0 aliphatic heterocycles. The van der Waals surface area contributed by atoms with E-state index in [1.165, 1.54) is 25.7 Å². The van der Waals surface area contributed by atoms with E-state index < -0.39 is 0 Å². The Kier molecular flexibility index (Phi) is 5.30. The molecule has 0 bridgehead atoms. The zero-order valence-electron chi connectivity index (χ0n) is 13.0. The lowest BCUT2D eigenvalue weighted by Gasteiger charge is -2.34. The number of hydrogen-bond donors (Lipinski definition) is 2. The molecule has 0 spiro atoms. The van der Waals surface area contributed by atoms with Gasteiger partial charge in [-0.2, -0.15) is 0 Å². The molecule has 0 aromatic carbocycles. The lowest BCUT2D eigenvalue weighted by Crippen LogP contribution is -2.46. The van der Waals surface area contributed by atoms with Crippen LogP contribution in [0.5, 0.6) is 0 Å². The van der Waals surface area contributed by atoms with Crippen molar-refractivity contribution in [2.45, 2.75) is 64.3 Å². The van der Waals surface area contributed by atoms with Crippen molar-refractivity contribution in [1.82, 2.24) is 10.2 Å². The summed E-state index contributed by atoms with van der Waals surface area (Å²) in [5.74, 6) is 0.446. The smallest absolute Gasteiger partial charge is 0.317 e. The Bertz CT molecular complexity index is 320. The molecule has 116 valence electrons. The number of amides is 2. The van der Waals surface area contributed by atoms with Gasteiger partial charge in [0.25, 0.3) is 0 Å². The highest BCUT2D eigenvalue weighted by Gasteiger charge is 2.41. The number of aliphatic hydroxyl groups excluding tert-OH is 1. The fourth-order valence-electron chi connectivity index (χ4n) is 3.49. The molecular weight excluding hydrogens is 252 g/mol. The van der Waals surface area contributed by atoms with E-state index in [0.717, 1.165) is 32.2 Å². The van der Waals surface area contributed by atoms with Gasteiger partial charge < -0.3 is 15.3 Å². The van der Waals surface area contributed by atoms with Crippen LogP contribution < -0.4 is 5.32 Å². The molecule has 2 rings (SSSR count). The maximum atomic E-state index is 12.2. The van der Waals surface area contributed by atoms with Crippen LogP contribution in [-0.2, 0) is 0 Å². The fraction of sp³-hybridized carbons (Fsp3) is 0.938. The summed E-state index contributed by atoms with van der Waals surface area (Å²) in [6.07, 6.45) is 9.11. The number of aliphatic hydroxyl groups is 1. The van der Waals surface area contributed by atoms with Crippen molar-refractivity contribution in [2.24, 2.45) is 11.3 Å². The van der Waals surface area contributed by atoms with Crippen LogP contribution in [0, 0.1) is 11.3 Å². The molecule has 0 aromatic heterocycles. The van der Waals surface area contributed by atoms with Gasteiger partial charge in [0, 0.05) is 26.2 Å². The van der Waals surface area contributed by atoms with Gasteiger partial charge >= 0.3 is 6.03 Å². The van der Waals surface area contributed by atoms with Crippen molar-refractivity contribution in [3.05, 3.63) is 0 Å². The van der Waals surface area contributed by atoms with Gasteiger partial charge in [0.05, 0.1) is 0 Å². The molecule has 0 saturated heterocycles. The molecule has 2 N–H and O–H groups in total. The quantitative estimate of drug-likeness (QED) is 0.787. The number of hydrogen-bond acceptors (Lipinski definition) is 2. The minimum atomic E-state index is 0.0832. The standard InChI is InChI=1S/C16H30N2O2/c1-3-8-16(9-10-16)12-17-15(20)18(2)14-6-4-13(11-19)5-7-14/h13-14,19H,3-12H2,1-2H3,(H,17,20). The van der Waals surface area contributed by atoms with Crippen molar-refractivity contribution in [3.63, 3.8) is 0 Å². The topological polar surface area (TPSA) is 52.6 Å². The Hall–Kier alpha value is -0.770. The molecule has 4 heteroatoms.